The Morgan fingerprint density at radius 3 is 2.76 bits per heavy atom. The summed E-state index contributed by atoms with van der Waals surface area (Å²) < 4.78 is 11.0. The van der Waals surface area contributed by atoms with Crippen LogP contribution in [0.1, 0.15) is 12.5 Å². The van der Waals surface area contributed by atoms with E-state index in [1.54, 1.807) is 12.5 Å². The van der Waals surface area contributed by atoms with Crippen LogP contribution >= 0.6 is 12.4 Å². The molecule has 0 aliphatic carbocycles. The van der Waals surface area contributed by atoms with Gasteiger partial charge in [-0.3, -0.25) is 0 Å². The molecule has 2 heterocycles. The normalized spacial score (nSPS) is 12.8. The predicted octanol–water partition coefficient (Wildman–Crippen LogP) is 3.49. The minimum atomic E-state index is 0. The minimum absolute atomic E-state index is 0. The highest BCUT2D eigenvalue weighted by molar-refractivity contribution is 5.97. The summed E-state index contributed by atoms with van der Waals surface area (Å²) >= 11 is 0. The zero-order valence-corrected chi connectivity index (χ0v) is 10.3. The molecule has 3 nitrogen and oxygen atoms in total. The Morgan fingerprint density at radius 1 is 1.24 bits per heavy atom. The van der Waals surface area contributed by atoms with Crippen LogP contribution in [0, 0.1) is 0 Å². The maximum Gasteiger partial charge on any atom is 0.137 e. The van der Waals surface area contributed by atoms with E-state index in [0.29, 0.717) is 0 Å². The molecule has 0 saturated carbocycles. The van der Waals surface area contributed by atoms with Crippen LogP contribution in [-0.2, 0) is 6.42 Å². The zero-order valence-electron chi connectivity index (χ0n) is 9.47. The van der Waals surface area contributed by atoms with Crippen molar-refractivity contribution in [1.82, 2.24) is 0 Å². The lowest BCUT2D eigenvalue weighted by atomic mass is 10.0. The van der Waals surface area contributed by atoms with Gasteiger partial charge in [0.25, 0.3) is 0 Å². The van der Waals surface area contributed by atoms with Gasteiger partial charge in [-0.15, -0.1) is 12.4 Å². The summed E-state index contributed by atoms with van der Waals surface area (Å²) in [4.78, 5) is 0. The minimum Gasteiger partial charge on any atom is -0.464 e. The Hall–Kier alpha value is -1.45. The fourth-order valence-electron chi connectivity index (χ4n) is 2.15. The molecule has 2 N–H and O–H groups in total. The SMILES string of the molecule is C[C@@H](N)Cc1c2ccoc2cc2ccoc12.Cl. The zero-order chi connectivity index (χ0) is 11.1. The number of rotatable bonds is 2. The van der Waals surface area contributed by atoms with Gasteiger partial charge in [-0.2, -0.15) is 0 Å². The quantitative estimate of drug-likeness (QED) is 0.759. The molecular formula is C13H14ClNO2. The molecule has 0 bridgehead atoms. The highest BCUT2D eigenvalue weighted by atomic mass is 35.5. The molecule has 0 aliphatic rings. The van der Waals surface area contributed by atoms with E-state index in [4.69, 9.17) is 14.6 Å². The van der Waals surface area contributed by atoms with Gasteiger partial charge in [-0.25, -0.2) is 0 Å². The molecule has 17 heavy (non-hydrogen) atoms. The summed E-state index contributed by atoms with van der Waals surface area (Å²) in [6.07, 6.45) is 4.20. The van der Waals surface area contributed by atoms with Crippen molar-refractivity contribution in [3.63, 3.8) is 0 Å². The van der Waals surface area contributed by atoms with E-state index in [2.05, 4.69) is 0 Å². The summed E-state index contributed by atoms with van der Waals surface area (Å²) in [5.41, 5.74) is 8.83. The number of hydrogen-bond acceptors (Lipinski definition) is 3. The molecule has 0 spiro atoms. The Morgan fingerprint density at radius 2 is 2.00 bits per heavy atom. The van der Waals surface area contributed by atoms with E-state index in [-0.39, 0.29) is 18.4 Å². The van der Waals surface area contributed by atoms with Gasteiger partial charge in [0.05, 0.1) is 12.5 Å². The van der Waals surface area contributed by atoms with Gasteiger partial charge >= 0.3 is 0 Å². The van der Waals surface area contributed by atoms with Gasteiger partial charge in [0.15, 0.2) is 0 Å². The molecule has 1 aromatic carbocycles. The second-order valence-electron chi connectivity index (χ2n) is 4.21. The van der Waals surface area contributed by atoms with E-state index in [1.807, 2.05) is 25.1 Å². The molecule has 0 unspecified atom stereocenters. The van der Waals surface area contributed by atoms with Gasteiger partial charge in [-0.1, -0.05) is 0 Å². The second-order valence-corrected chi connectivity index (χ2v) is 4.21. The fourth-order valence-corrected chi connectivity index (χ4v) is 2.15. The smallest absolute Gasteiger partial charge is 0.137 e. The summed E-state index contributed by atoms with van der Waals surface area (Å²) in [7, 11) is 0. The number of hydrogen-bond donors (Lipinski definition) is 1. The molecule has 3 rings (SSSR count). The first-order chi connectivity index (χ1) is 7.75. The van der Waals surface area contributed by atoms with Crippen molar-refractivity contribution in [2.75, 3.05) is 0 Å². The first-order valence-electron chi connectivity index (χ1n) is 5.37. The maximum absolute atomic E-state index is 5.87. The van der Waals surface area contributed by atoms with Crippen molar-refractivity contribution in [2.45, 2.75) is 19.4 Å². The monoisotopic (exact) mass is 251 g/mol. The second kappa shape index (κ2) is 4.43. The maximum atomic E-state index is 5.87. The first-order valence-corrected chi connectivity index (χ1v) is 5.37. The van der Waals surface area contributed by atoms with Gasteiger partial charge < -0.3 is 14.6 Å². The van der Waals surface area contributed by atoms with E-state index in [9.17, 15) is 0 Å². The molecule has 0 aliphatic heterocycles. The van der Waals surface area contributed by atoms with Gasteiger partial charge in [0.1, 0.15) is 11.2 Å². The average Bonchev–Trinajstić information content (AvgIpc) is 2.83. The van der Waals surface area contributed by atoms with Crippen molar-refractivity contribution < 1.29 is 8.83 Å². The number of furan rings is 2. The topological polar surface area (TPSA) is 52.3 Å². The molecule has 90 valence electrons. The summed E-state index contributed by atoms with van der Waals surface area (Å²) in [5, 5.41) is 2.16. The van der Waals surface area contributed by atoms with Crippen LogP contribution in [0.2, 0.25) is 0 Å². The van der Waals surface area contributed by atoms with Crippen molar-refractivity contribution in [1.29, 1.82) is 0 Å². The van der Waals surface area contributed by atoms with Gasteiger partial charge in [0, 0.05) is 22.4 Å². The number of halogens is 1. The lowest BCUT2D eigenvalue weighted by Gasteiger charge is -2.07. The van der Waals surface area contributed by atoms with E-state index >= 15 is 0 Å². The lowest BCUT2D eigenvalue weighted by molar-refractivity contribution is 0.605. The van der Waals surface area contributed by atoms with E-state index in [1.165, 1.54) is 0 Å². The third-order valence-electron chi connectivity index (χ3n) is 2.80. The predicted molar refractivity (Wildman–Crippen MR) is 70.6 cm³/mol. The molecule has 0 amide bonds. The van der Waals surface area contributed by atoms with Crippen LogP contribution in [0.15, 0.2) is 39.6 Å². The van der Waals surface area contributed by atoms with Gasteiger partial charge in [-0.05, 0) is 31.5 Å². The molecule has 1 atom stereocenters. The van der Waals surface area contributed by atoms with Crippen molar-refractivity contribution in [3.05, 3.63) is 36.3 Å². The standard InChI is InChI=1S/C13H13NO2.ClH/c1-8(14)6-11-10-3-5-15-12(10)7-9-2-4-16-13(9)11;/h2-5,7-8H,6,14H2,1H3;1H/t8-;/m1./s1. The van der Waals surface area contributed by atoms with Gasteiger partial charge in [0.2, 0.25) is 0 Å². The number of fused-ring (bicyclic) bond motifs is 2. The molecule has 2 aromatic heterocycles. The molecule has 4 heteroatoms. The van der Waals surface area contributed by atoms with Crippen LogP contribution in [0.5, 0.6) is 0 Å². The molecule has 0 saturated heterocycles. The van der Waals surface area contributed by atoms with Crippen LogP contribution < -0.4 is 5.73 Å². The van der Waals surface area contributed by atoms with Crippen molar-refractivity contribution in [3.8, 4) is 0 Å². The van der Waals surface area contributed by atoms with Crippen molar-refractivity contribution in [2.24, 2.45) is 5.73 Å². The highest BCUT2D eigenvalue weighted by Crippen LogP contribution is 2.30. The third-order valence-corrected chi connectivity index (χ3v) is 2.80. The summed E-state index contributed by atoms with van der Waals surface area (Å²) in [6.45, 7) is 1.99. The molecule has 0 radical (unpaired) electrons. The Labute approximate surface area is 105 Å². The fraction of sp³-hybridized carbons (Fsp3) is 0.231. The summed E-state index contributed by atoms with van der Waals surface area (Å²) in [5.74, 6) is 0. The van der Waals surface area contributed by atoms with Crippen LogP contribution in [0.25, 0.3) is 21.9 Å². The molecular weight excluding hydrogens is 238 g/mol. The Balaban J connectivity index is 0.00000108. The van der Waals surface area contributed by atoms with Crippen molar-refractivity contribution >= 4 is 34.3 Å². The molecule has 3 aromatic rings. The average molecular weight is 252 g/mol. The van der Waals surface area contributed by atoms with Crippen LogP contribution in [0.3, 0.4) is 0 Å². The Bertz CT molecular complexity index is 590. The number of benzene rings is 1. The van der Waals surface area contributed by atoms with E-state index in [0.717, 1.165) is 33.9 Å². The highest BCUT2D eigenvalue weighted by Gasteiger charge is 2.13. The lowest BCUT2D eigenvalue weighted by Crippen LogP contribution is -2.17. The first kappa shape index (κ1) is 12.0. The third kappa shape index (κ3) is 1.92. The van der Waals surface area contributed by atoms with Crippen LogP contribution in [0.4, 0.5) is 0 Å². The molecule has 0 fully saturated rings. The Kier molecular flexibility index (Phi) is 3.13. The largest absolute Gasteiger partial charge is 0.464 e. The number of nitrogens with two attached hydrogens (primary N) is 1. The van der Waals surface area contributed by atoms with E-state index < -0.39 is 0 Å². The summed E-state index contributed by atoms with van der Waals surface area (Å²) in [6, 6.07) is 6.02. The van der Waals surface area contributed by atoms with Crippen LogP contribution in [-0.4, -0.2) is 6.04 Å².